The molecular formula is C21H24N2O2. The Hall–Kier alpha value is -2.59. The molecule has 4 heteroatoms. The molecule has 2 aromatic rings. The van der Waals surface area contributed by atoms with Gasteiger partial charge in [0, 0.05) is 12.1 Å². The van der Waals surface area contributed by atoms with Crippen molar-refractivity contribution in [1.82, 2.24) is 4.90 Å². The molecule has 130 valence electrons. The summed E-state index contributed by atoms with van der Waals surface area (Å²) in [6, 6.07) is 16.8. The van der Waals surface area contributed by atoms with Crippen molar-refractivity contribution in [3.05, 3.63) is 66.2 Å². The van der Waals surface area contributed by atoms with Gasteiger partial charge in [0.25, 0.3) is 0 Å². The lowest BCUT2D eigenvalue weighted by Gasteiger charge is -2.26. The Morgan fingerprint density at radius 3 is 2.60 bits per heavy atom. The van der Waals surface area contributed by atoms with Gasteiger partial charge in [-0.3, -0.25) is 0 Å². The van der Waals surface area contributed by atoms with Crippen LogP contribution in [0.2, 0.25) is 0 Å². The zero-order chi connectivity index (χ0) is 17.8. The summed E-state index contributed by atoms with van der Waals surface area (Å²) in [6.45, 7) is 7.07. The second-order valence-electron chi connectivity index (χ2n) is 6.35. The number of benzene rings is 2. The van der Waals surface area contributed by atoms with E-state index >= 15 is 0 Å². The Labute approximate surface area is 149 Å². The third kappa shape index (κ3) is 3.59. The van der Waals surface area contributed by atoms with Crippen LogP contribution in [0.4, 0.5) is 0 Å². The second kappa shape index (κ2) is 7.53. The normalized spacial score (nSPS) is 18.6. The summed E-state index contributed by atoms with van der Waals surface area (Å²) in [4.78, 5) is 6.98. The van der Waals surface area contributed by atoms with E-state index in [1.165, 1.54) is 16.7 Å². The first-order valence-electron chi connectivity index (χ1n) is 8.45. The van der Waals surface area contributed by atoms with Crippen LogP contribution in [0.25, 0.3) is 16.8 Å². The average Bonchev–Trinajstić information content (AvgIpc) is 3.05. The molecule has 4 nitrogen and oxygen atoms in total. The molecule has 0 spiro atoms. The standard InChI is InChI=1S/C21H24N2O2/c1-15-6-4-5-7-21(15)18-10-8-17(9-11-18)16(2)23-13-19(22-25-3)12-20(23)14-24/h4-11,20,24H,2,12-14H2,1,3H3/b22-19-. The molecule has 1 fully saturated rings. The number of aryl methyl sites for hydroxylation is 1. The van der Waals surface area contributed by atoms with E-state index in [-0.39, 0.29) is 12.6 Å². The maximum atomic E-state index is 9.66. The summed E-state index contributed by atoms with van der Waals surface area (Å²) < 4.78 is 0. The lowest BCUT2D eigenvalue weighted by molar-refractivity contribution is 0.203. The van der Waals surface area contributed by atoms with E-state index in [1.807, 2.05) is 0 Å². The lowest BCUT2D eigenvalue weighted by atomic mass is 9.99. The first kappa shape index (κ1) is 17.2. The minimum atomic E-state index is -0.00237. The second-order valence-corrected chi connectivity index (χ2v) is 6.35. The van der Waals surface area contributed by atoms with Gasteiger partial charge in [-0.25, -0.2) is 0 Å². The van der Waals surface area contributed by atoms with Gasteiger partial charge in [0.1, 0.15) is 7.11 Å². The number of nitrogens with zero attached hydrogens (tertiary/aromatic N) is 2. The van der Waals surface area contributed by atoms with Crippen molar-refractivity contribution in [3.8, 4) is 11.1 Å². The van der Waals surface area contributed by atoms with Gasteiger partial charge in [-0.1, -0.05) is 60.3 Å². The van der Waals surface area contributed by atoms with E-state index in [1.54, 1.807) is 7.11 Å². The molecule has 0 radical (unpaired) electrons. The third-order valence-electron chi connectivity index (χ3n) is 4.72. The zero-order valence-corrected chi connectivity index (χ0v) is 14.8. The molecule has 1 saturated heterocycles. The predicted octanol–water partition coefficient (Wildman–Crippen LogP) is 3.70. The molecule has 0 aliphatic carbocycles. The largest absolute Gasteiger partial charge is 0.399 e. The number of oxime groups is 1. The summed E-state index contributed by atoms with van der Waals surface area (Å²) >= 11 is 0. The summed E-state index contributed by atoms with van der Waals surface area (Å²) in [5.74, 6) is 0. The molecule has 2 aromatic carbocycles. The Morgan fingerprint density at radius 2 is 1.96 bits per heavy atom. The van der Waals surface area contributed by atoms with E-state index in [2.05, 4.69) is 72.1 Å². The molecule has 1 heterocycles. The van der Waals surface area contributed by atoms with Crippen LogP contribution in [0.15, 0.2) is 60.3 Å². The van der Waals surface area contributed by atoms with Crippen molar-refractivity contribution in [2.24, 2.45) is 5.16 Å². The Morgan fingerprint density at radius 1 is 1.24 bits per heavy atom. The number of rotatable bonds is 5. The Bertz CT molecular complexity index is 781. The monoisotopic (exact) mass is 336 g/mol. The summed E-state index contributed by atoms with van der Waals surface area (Å²) in [6.07, 6.45) is 0.699. The number of hydrogen-bond acceptors (Lipinski definition) is 4. The fourth-order valence-electron chi connectivity index (χ4n) is 3.35. The zero-order valence-electron chi connectivity index (χ0n) is 14.8. The van der Waals surface area contributed by atoms with Crippen LogP contribution in [-0.2, 0) is 4.84 Å². The lowest BCUT2D eigenvalue weighted by Crippen LogP contribution is -2.30. The van der Waals surface area contributed by atoms with E-state index in [4.69, 9.17) is 4.84 Å². The maximum absolute atomic E-state index is 9.66. The minimum Gasteiger partial charge on any atom is -0.399 e. The number of hydrogen-bond donors (Lipinski definition) is 1. The van der Waals surface area contributed by atoms with Crippen molar-refractivity contribution < 1.29 is 9.94 Å². The quantitative estimate of drug-likeness (QED) is 0.847. The summed E-state index contributed by atoms with van der Waals surface area (Å²) in [7, 11) is 1.54. The molecule has 0 aromatic heterocycles. The molecule has 1 unspecified atom stereocenters. The molecule has 25 heavy (non-hydrogen) atoms. The van der Waals surface area contributed by atoms with Gasteiger partial charge >= 0.3 is 0 Å². The van der Waals surface area contributed by atoms with Crippen molar-refractivity contribution in [1.29, 1.82) is 0 Å². The highest BCUT2D eigenvalue weighted by atomic mass is 16.6. The minimum absolute atomic E-state index is 0.00237. The van der Waals surface area contributed by atoms with E-state index in [0.29, 0.717) is 13.0 Å². The molecule has 3 rings (SSSR count). The SMILES string of the molecule is C=C(c1ccc(-c2ccccc2C)cc1)N1C/C(=N\OC)CC1CO. The van der Waals surface area contributed by atoms with E-state index in [9.17, 15) is 5.11 Å². The summed E-state index contributed by atoms with van der Waals surface area (Å²) in [5.41, 5.74) is 6.57. The van der Waals surface area contributed by atoms with Crippen molar-refractivity contribution in [2.75, 3.05) is 20.3 Å². The molecule has 1 aliphatic rings. The third-order valence-corrected chi connectivity index (χ3v) is 4.72. The van der Waals surface area contributed by atoms with Gasteiger partial charge in [-0.05, 0) is 29.2 Å². The van der Waals surface area contributed by atoms with Gasteiger partial charge in [0.15, 0.2) is 0 Å². The van der Waals surface area contributed by atoms with Crippen molar-refractivity contribution in [2.45, 2.75) is 19.4 Å². The smallest absolute Gasteiger partial charge is 0.106 e. The number of aliphatic hydroxyl groups excluding tert-OH is 1. The highest BCUT2D eigenvalue weighted by molar-refractivity contribution is 5.90. The number of aliphatic hydroxyl groups is 1. The van der Waals surface area contributed by atoms with Crippen LogP contribution in [0.5, 0.6) is 0 Å². The van der Waals surface area contributed by atoms with Crippen LogP contribution in [0.3, 0.4) is 0 Å². The van der Waals surface area contributed by atoms with Crippen LogP contribution < -0.4 is 0 Å². The highest BCUT2D eigenvalue weighted by Crippen LogP contribution is 2.29. The van der Waals surface area contributed by atoms with E-state index in [0.717, 1.165) is 17.0 Å². The summed E-state index contributed by atoms with van der Waals surface area (Å²) in [5, 5.41) is 13.7. The number of likely N-dealkylation sites (tertiary alicyclic amines) is 1. The molecule has 1 aliphatic heterocycles. The van der Waals surface area contributed by atoms with Crippen LogP contribution >= 0.6 is 0 Å². The highest BCUT2D eigenvalue weighted by Gasteiger charge is 2.30. The van der Waals surface area contributed by atoms with Gasteiger partial charge in [0.2, 0.25) is 0 Å². The molecule has 1 atom stereocenters. The molecule has 0 bridgehead atoms. The van der Waals surface area contributed by atoms with Gasteiger partial charge in [-0.15, -0.1) is 0 Å². The van der Waals surface area contributed by atoms with Crippen molar-refractivity contribution >= 4 is 11.4 Å². The Balaban J connectivity index is 1.81. The van der Waals surface area contributed by atoms with Gasteiger partial charge in [0.05, 0.1) is 24.9 Å². The molecular weight excluding hydrogens is 312 g/mol. The molecule has 1 N–H and O–H groups in total. The molecule has 0 saturated carbocycles. The van der Waals surface area contributed by atoms with Crippen molar-refractivity contribution in [3.63, 3.8) is 0 Å². The first-order valence-corrected chi connectivity index (χ1v) is 8.45. The fraction of sp³-hybridized carbons (Fsp3) is 0.286. The first-order chi connectivity index (χ1) is 12.1. The average molecular weight is 336 g/mol. The van der Waals surface area contributed by atoms with Crippen LogP contribution in [-0.4, -0.2) is 42.0 Å². The van der Waals surface area contributed by atoms with Crippen LogP contribution in [0.1, 0.15) is 17.5 Å². The Kier molecular flexibility index (Phi) is 5.19. The maximum Gasteiger partial charge on any atom is 0.106 e. The predicted molar refractivity (Wildman–Crippen MR) is 102 cm³/mol. The molecule has 0 amide bonds. The fourth-order valence-corrected chi connectivity index (χ4v) is 3.35. The van der Waals surface area contributed by atoms with E-state index < -0.39 is 0 Å². The van der Waals surface area contributed by atoms with Gasteiger partial charge < -0.3 is 14.8 Å². The van der Waals surface area contributed by atoms with Gasteiger partial charge in [-0.2, -0.15) is 0 Å². The topological polar surface area (TPSA) is 45.1 Å². The van der Waals surface area contributed by atoms with Crippen LogP contribution in [0, 0.1) is 6.92 Å².